The summed E-state index contributed by atoms with van der Waals surface area (Å²) in [6, 6.07) is 10.9. The highest BCUT2D eigenvalue weighted by atomic mass is 32.1. The fraction of sp³-hybridized carbons (Fsp3) is 0.435. The number of aryl methyl sites for hydroxylation is 3. The smallest absolute Gasteiger partial charge is 0.268 e. The number of amides is 1. The number of benzene rings is 1. The molecule has 2 aromatic heterocycles. The third-order valence-electron chi connectivity index (χ3n) is 6.65. The molecule has 3 aliphatic rings. The minimum atomic E-state index is 0.0161. The molecular weight excluding hydrogens is 382 g/mol. The number of likely N-dealkylation sites (tertiary alicyclic amines) is 1. The number of nitrogens with zero attached hydrogens (tertiary/aromatic N) is 3. The molecule has 0 spiro atoms. The molecule has 2 aliphatic carbocycles. The third-order valence-corrected chi connectivity index (χ3v) is 7.88. The number of carbonyl (C=O) groups is 1. The Hall–Kier alpha value is -2.47. The van der Waals surface area contributed by atoms with E-state index in [1.807, 2.05) is 4.90 Å². The molecule has 1 saturated heterocycles. The topological polar surface area (TPSA) is 59.2 Å². The number of hydrogen-bond acceptors (Lipinski definition) is 5. The Balaban J connectivity index is 1.22. The van der Waals surface area contributed by atoms with Crippen LogP contribution in [0.4, 0.5) is 0 Å². The summed E-state index contributed by atoms with van der Waals surface area (Å²) in [4.78, 5) is 22.1. The molecule has 3 aromatic rings. The van der Waals surface area contributed by atoms with Gasteiger partial charge in [-0.15, -0.1) is 11.3 Å². The van der Waals surface area contributed by atoms with Crippen molar-refractivity contribution in [1.29, 1.82) is 0 Å². The van der Waals surface area contributed by atoms with Crippen LogP contribution in [0.3, 0.4) is 0 Å². The normalized spacial score (nSPS) is 23.4. The standard InChI is InChI=1S/C23H23N3O2S/c27-21-12-16(13-26(21)18-10-9-14-5-1-3-7-17(14)18)22-24-23(28-25-22)20-11-15-6-2-4-8-19(15)29-20/h1,3,5,7,11,16,18H,2,4,6,8-10,12-13H2. The maximum Gasteiger partial charge on any atom is 0.268 e. The molecule has 1 fully saturated rings. The van der Waals surface area contributed by atoms with Crippen LogP contribution in [-0.2, 0) is 24.1 Å². The monoisotopic (exact) mass is 405 g/mol. The third kappa shape index (κ3) is 2.92. The van der Waals surface area contributed by atoms with Crippen molar-refractivity contribution in [3.05, 3.63) is 57.7 Å². The fourth-order valence-electron chi connectivity index (χ4n) is 5.16. The Morgan fingerprint density at radius 1 is 1.10 bits per heavy atom. The van der Waals surface area contributed by atoms with Gasteiger partial charge in [-0.1, -0.05) is 29.4 Å². The van der Waals surface area contributed by atoms with Crippen LogP contribution in [-0.4, -0.2) is 27.5 Å². The van der Waals surface area contributed by atoms with Crippen LogP contribution in [0.2, 0.25) is 0 Å². The van der Waals surface area contributed by atoms with Crippen molar-refractivity contribution >= 4 is 17.2 Å². The predicted octanol–water partition coefficient (Wildman–Crippen LogP) is 4.68. The number of fused-ring (bicyclic) bond motifs is 2. The first-order valence-corrected chi connectivity index (χ1v) is 11.4. The predicted molar refractivity (Wildman–Crippen MR) is 111 cm³/mol. The van der Waals surface area contributed by atoms with E-state index >= 15 is 0 Å². The van der Waals surface area contributed by atoms with E-state index in [1.54, 1.807) is 11.3 Å². The summed E-state index contributed by atoms with van der Waals surface area (Å²) in [5.41, 5.74) is 4.12. The van der Waals surface area contributed by atoms with Crippen molar-refractivity contribution in [3.63, 3.8) is 0 Å². The molecule has 5 nitrogen and oxygen atoms in total. The molecule has 3 heterocycles. The zero-order chi connectivity index (χ0) is 19.4. The van der Waals surface area contributed by atoms with E-state index in [0.29, 0.717) is 24.7 Å². The van der Waals surface area contributed by atoms with Crippen molar-refractivity contribution in [2.45, 2.75) is 56.9 Å². The lowest BCUT2D eigenvalue weighted by molar-refractivity contribution is -0.129. The number of hydrogen-bond donors (Lipinski definition) is 0. The van der Waals surface area contributed by atoms with E-state index in [9.17, 15) is 4.79 Å². The van der Waals surface area contributed by atoms with E-state index in [4.69, 9.17) is 9.51 Å². The molecule has 6 heteroatoms. The van der Waals surface area contributed by atoms with Crippen LogP contribution in [0.25, 0.3) is 10.8 Å². The van der Waals surface area contributed by atoms with Gasteiger partial charge in [-0.25, -0.2) is 0 Å². The maximum atomic E-state index is 12.8. The average Bonchev–Trinajstić information content (AvgIpc) is 3.51. The van der Waals surface area contributed by atoms with Crippen molar-refractivity contribution in [2.24, 2.45) is 0 Å². The second-order valence-electron chi connectivity index (χ2n) is 8.42. The molecule has 0 saturated carbocycles. The van der Waals surface area contributed by atoms with Gasteiger partial charge in [-0.05, 0) is 61.3 Å². The minimum Gasteiger partial charge on any atom is -0.335 e. The van der Waals surface area contributed by atoms with Crippen LogP contribution in [0, 0.1) is 0 Å². The molecule has 6 rings (SSSR count). The molecule has 1 aliphatic heterocycles. The highest BCUT2D eigenvalue weighted by Gasteiger charge is 2.40. The molecular formula is C23H23N3O2S. The lowest BCUT2D eigenvalue weighted by Crippen LogP contribution is -2.28. The molecule has 148 valence electrons. The summed E-state index contributed by atoms with van der Waals surface area (Å²) >= 11 is 1.78. The lowest BCUT2D eigenvalue weighted by Gasteiger charge is -2.25. The van der Waals surface area contributed by atoms with Crippen molar-refractivity contribution in [1.82, 2.24) is 15.0 Å². The van der Waals surface area contributed by atoms with Gasteiger partial charge in [0.2, 0.25) is 5.91 Å². The summed E-state index contributed by atoms with van der Waals surface area (Å²) in [5.74, 6) is 1.50. The van der Waals surface area contributed by atoms with Crippen LogP contribution in [0.5, 0.6) is 0 Å². The summed E-state index contributed by atoms with van der Waals surface area (Å²) in [6.07, 6.45) is 7.38. The Bertz CT molecular complexity index is 1060. The van der Waals surface area contributed by atoms with Gasteiger partial charge in [0.05, 0.1) is 10.9 Å². The van der Waals surface area contributed by atoms with Crippen LogP contribution in [0.1, 0.15) is 65.0 Å². The summed E-state index contributed by atoms with van der Waals surface area (Å²) in [7, 11) is 0. The Kier molecular flexibility index (Phi) is 4.08. The van der Waals surface area contributed by atoms with Crippen LogP contribution in [0.15, 0.2) is 34.9 Å². The van der Waals surface area contributed by atoms with Gasteiger partial charge in [0.1, 0.15) is 0 Å². The van der Waals surface area contributed by atoms with Crippen molar-refractivity contribution in [2.75, 3.05) is 6.54 Å². The first kappa shape index (κ1) is 17.4. The van der Waals surface area contributed by atoms with E-state index < -0.39 is 0 Å². The summed E-state index contributed by atoms with van der Waals surface area (Å²) in [5, 5.41) is 4.26. The van der Waals surface area contributed by atoms with E-state index in [1.165, 1.54) is 34.4 Å². The van der Waals surface area contributed by atoms with E-state index in [0.717, 1.165) is 30.6 Å². The number of rotatable bonds is 3. The first-order chi connectivity index (χ1) is 14.3. The van der Waals surface area contributed by atoms with E-state index in [2.05, 4.69) is 35.5 Å². The van der Waals surface area contributed by atoms with Gasteiger partial charge < -0.3 is 9.42 Å². The minimum absolute atomic E-state index is 0.0161. The highest BCUT2D eigenvalue weighted by Crippen LogP contribution is 2.41. The molecule has 29 heavy (non-hydrogen) atoms. The van der Waals surface area contributed by atoms with Gasteiger partial charge >= 0.3 is 0 Å². The number of thiophene rings is 1. The summed E-state index contributed by atoms with van der Waals surface area (Å²) < 4.78 is 5.61. The molecule has 0 N–H and O–H groups in total. The van der Waals surface area contributed by atoms with Gasteiger partial charge in [-0.3, -0.25) is 4.79 Å². The zero-order valence-electron chi connectivity index (χ0n) is 16.3. The fourth-order valence-corrected chi connectivity index (χ4v) is 6.34. The van der Waals surface area contributed by atoms with Gasteiger partial charge in [0, 0.05) is 23.8 Å². The Morgan fingerprint density at radius 3 is 2.93 bits per heavy atom. The SMILES string of the molecule is O=C1CC(c2noc(-c3cc4c(s3)CCCC4)n2)CN1C1CCc2ccccc21. The lowest BCUT2D eigenvalue weighted by atomic mass is 9.99. The van der Waals surface area contributed by atoms with E-state index in [-0.39, 0.29) is 17.9 Å². The molecule has 0 bridgehead atoms. The summed E-state index contributed by atoms with van der Waals surface area (Å²) in [6.45, 7) is 0.678. The van der Waals surface area contributed by atoms with Gasteiger partial charge in [0.25, 0.3) is 5.89 Å². The first-order valence-electron chi connectivity index (χ1n) is 10.6. The largest absolute Gasteiger partial charge is 0.335 e. The van der Waals surface area contributed by atoms with Gasteiger partial charge in [0.15, 0.2) is 5.82 Å². The van der Waals surface area contributed by atoms with Gasteiger partial charge in [-0.2, -0.15) is 4.98 Å². The second-order valence-corrected chi connectivity index (χ2v) is 9.56. The van der Waals surface area contributed by atoms with Crippen molar-refractivity contribution in [3.8, 4) is 10.8 Å². The zero-order valence-corrected chi connectivity index (χ0v) is 17.1. The van der Waals surface area contributed by atoms with Crippen LogP contribution < -0.4 is 0 Å². The second kappa shape index (κ2) is 6.80. The van der Waals surface area contributed by atoms with Crippen LogP contribution >= 0.6 is 11.3 Å². The quantitative estimate of drug-likeness (QED) is 0.635. The molecule has 2 unspecified atom stereocenters. The van der Waals surface area contributed by atoms with Crippen molar-refractivity contribution < 1.29 is 9.32 Å². The average molecular weight is 406 g/mol. The number of aromatic nitrogens is 2. The number of carbonyl (C=O) groups excluding carboxylic acids is 1. The molecule has 1 amide bonds. The Morgan fingerprint density at radius 2 is 2.00 bits per heavy atom. The molecule has 1 aromatic carbocycles. The Labute approximate surface area is 173 Å². The molecule has 0 radical (unpaired) electrons. The molecule has 2 atom stereocenters. The highest BCUT2D eigenvalue weighted by molar-refractivity contribution is 7.15. The maximum absolute atomic E-state index is 12.8.